The van der Waals surface area contributed by atoms with Gasteiger partial charge in [0.25, 0.3) is 5.91 Å². The van der Waals surface area contributed by atoms with Crippen molar-refractivity contribution in [1.29, 1.82) is 0 Å². The molecule has 0 aliphatic carbocycles. The van der Waals surface area contributed by atoms with Crippen molar-refractivity contribution in [2.75, 3.05) is 20.5 Å². The number of nitrogens with zero attached hydrogens (tertiary/aromatic N) is 1. The molecular formula is C31H29NO7. The smallest absolute Gasteiger partial charge is 0.291 e. The molecule has 1 amide bonds. The molecule has 8 nitrogen and oxygen atoms in total. The summed E-state index contributed by atoms with van der Waals surface area (Å²) in [5.74, 6) is 2.64. The first-order chi connectivity index (χ1) is 18.9. The molecule has 2 aliphatic rings. The average molecular weight is 528 g/mol. The van der Waals surface area contributed by atoms with E-state index in [0.29, 0.717) is 52.1 Å². The molecule has 2 aliphatic heterocycles. The van der Waals surface area contributed by atoms with Gasteiger partial charge >= 0.3 is 0 Å². The van der Waals surface area contributed by atoms with E-state index in [1.807, 2.05) is 36.4 Å². The fourth-order valence-corrected chi connectivity index (χ4v) is 5.09. The van der Waals surface area contributed by atoms with E-state index in [0.717, 1.165) is 17.5 Å². The molecule has 0 N–H and O–H groups in total. The van der Waals surface area contributed by atoms with Gasteiger partial charge in [0.2, 0.25) is 12.6 Å². The standard InChI is InChI=1S/C31H29NO7/c1-18(2)12-13-36-23-11-9-20(15-25(23)35-3)28-27-29(33)21-6-4-5-7-22(21)39-30(27)31(34)32(28)16-19-8-10-24-26(14-19)38-17-37-24/h4-11,14-15,18,28H,12-13,16-17H2,1-3H3/t28-/m1/s1. The van der Waals surface area contributed by atoms with Crippen LogP contribution in [-0.4, -0.2) is 31.3 Å². The molecule has 0 unspecified atom stereocenters. The van der Waals surface area contributed by atoms with Crippen molar-refractivity contribution in [2.24, 2.45) is 5.92 Å². The Labute approximate surface area is 225 Å². The van der Waals surface area contributed by atoms with Crippen LogP contribution >= 0.6 is 0 Å². The average Bonchev–Trinajstić information content (AvgIpc) is 3.51. The summed E-state index contributed by atoms with van der Waals surface area (Å²) in [5, 5.41) is 0.430. The van der Waals surface area contributed by atoms with Crippen molar-refractivity contribution in [1.82, 2.24) is 4.90 Å². The van der Waals surface area contributed by atoms with Gasteiger partial charge < -0.3 is 28.3 Å². The summed E-state index contributed by atoms with van der Waals surface area (Å²) < 4.78 is 28.7. The number of rotatable bonds is 8. The van der Waals surface area contributed by atoms with E-state index in [9.17, 15) is 9.59 Å². The molecule has 200 valence electrons. The third kappa shape index (κ3) is 4.46. The summed E-state index contributed by atoms with van der Waals surface area (Å²) in [6.45, 7) is 5.23. The van der Waals surface area contributed by atoms with Crippen molar-refractivity contribution in [3.8, 4) is 23.0 Å². The molecule has 6 rings (SSSR count). The highest BCUT2D eigenvalue weighted by Gasteiger charge is 2.43. The largest absolute Gasteiger partial charge is 0.493 e. The maximum atomic E-state index is 13.8. The number of carbonyl (C=O) groups is 1. The Morgan fingerprint density at radius 3 is 2.62 bits per heavy atom. The maximum absolute atomic E-state index is 13.8. The highest BCUT2D eigenvalue weighted by Crippen LogP contribution is 2.42. The summed E-state index contributed by atoms with van der Waals surface area (Å²) >= 11 is 0. The Bertz CT molecular complexity index is 1620. The molecule has 0 spiro atoms. The molecule has 0 bridgehead atoms. The van der Waals surface area contributed by atoms with Gasteiger partial charge in [-0.1, -0.05) is 38.1 Å². The van der Waals surface area contributed by atoms with Gasteiger partial charge in [0.15, 0.2) is 28.4 Å². The Kier molecular flexibility index (Phi) is 6.38. The van der Waals surface area contributed by atoms with Gasteiger partial charge in [0.1, 0.15) is 5.58 Å². The lowest BCUT2D eigenvalue weighted by molar-refractivity contribution is 0.0714. The lowest BCUT2D eigenvalue weighted by Crippen LogP contribution is -2.29. The van der Waals surface area contributed by atoms with E-state index in [2.05, 4.69) is 13.8 Å². The summed E-state index contributed by atoms with van der Waals surface area (Å²) in [5.41, 5.74) is 2.02. The number of ether oxygens (including phenoxy) is 4. The highest BCUT2D eigenvalue weighted by atomic mass is 16.7. The van der Waals surface area contributed by atoms with Gasteiger partial charge in [-0.2, -0.15) is 0 Å². The third-order valence-corrected chi connectivity index (χ3v) is 7.12. The van der Waals surface area contributed by atoms with Gasteiger partial charge in [0.05, 0.1) is 30.7 Å². The lowest BCUT2D eigenvalue weighted by atomic mass is 9.97. The molecule has 1 atom stereocenters. The molecule has 3 heterocycles. The minimum atomic E-state index is -0.683. The monoisotopic (exact) mass is 527 g/mol. The Morgan fingerprint density at radius 2 is 1.79 bits per heavy atom. The minimum absolute atomic E-state index is 0.0562. The SMILES string of the molecule is COc1cc([C@@H]2c3c(oc4ccccc4c3=O)C(=O)N2Cc2ccc3c(c2)OCO3)ccc1OCCC(C)C. The van der Waals surface area contributed by atoms with Crippen LogP contribution in [-0.2, 0) is 6.54 Å². The number of amides is 1. The van der Waals surface area contributed by atoms with E-state index < -0.39 is 6.04 Å². The fourth-order valence-electron chi connectivity index (χ4n) is 5.09. The second-order valence-electron chi connectivity index (χ2n) is 10.1. The van der Waals surface area contributed by atoms with Crippen LogP contribution in [0.15, 0.2) is 69.9 Å². The quantitative estimate of drug-likeness (QED) is 0.290. The number of benzene rings is 3. The first-order valence-electron chi connectivity index (χ1n) is 13.0. The molecular weight excluding hydrogens is 498 g/mol. The molecule has 1 aromatic heterocycles. The predicted molar refractivity (Wildman–Crippen MR) is 145 cm³/mol. The van der Waals surface area contributed by atoms with Crippen molar-refractivity contribution in [3.05, 3.63) is 93.3 Å². The fraction of sp³-hybridized carbons (Fsp3) is 0.290. The first-order valence-corrected chi connectivity index (χ1v) is 13.0. The van der Waals surface area contributed by atoms with Crippen LogP contribution in [0.25, 0.3) is 11.0 Å². The van der Waals surface area contributed by atoms with Crippen molar-refractivity contribution < 1.29 is 28.2 Å². The summed E-state index contributed by atoms with van der Waals surface area (Å²) in [6.07, 6.45) is 0.910. The molecule has 8 heteroatoms. The van der Waals surface area contributed by atoms with Crippen LogP contribution in [0, 0.1) is 5.92 Å². The summed E-state index contributed by atoms with van der Waals surface area (Å²) in [4.78, 5) is 29.3. The number of hydrogen-bond donors (Lipinski definition) is 0. The molecule has 0 saturated carbocycles. The van der Waals surface area contributed by atoms with Crippen LogP contribution in [0.1, 0.15) is 53.6 Å². The van der Waals surface area contributed by atoms with E-state index in [1.54, 1.807) is 36.3 Å². The number of carbonyl (C=O) groups excluding carboxylic acids is 1. The zero-order valence-electron chi connectivity index (χ0n) is 22.1. The lowest BCUT2D eigenvalue weighted by Gasteiger charge is -2.26. The second kappa shape index (κ2) is 10.0. The van der Waals surface area contributed by atoms with Crippen molar-refractivity contribution in [3.63, 3.8) is 0 Å². The van der Waals surface area contributed by atoms with Gasteiger partial charge in [0, 0.05) is 6.54 Å². The molecule has 0 radical (unpaired) electrons. The normalized spacial score (nSPS) is 15.7. The number of hydrogen-bond acceptors (Lipinski definition) is 7. The van der Waals surface area contributed by atoms with E-state index >= 15 is 0 Å². The third-order valence-electron chi connectivity index (χ3n) is 7.12. The van der Waals surface area contributed by atoms with Crippen LogP contribution in [0.5, 0.6) is 23.0 Å². The molecule has 0 fully saturated rings. The Hall–Kier alpha value is -4.46. The van der Waals surface area contributed by atoms with Gasteiger partial charge in [-0.15, -0.1) is 0 Å². The summed E-state index contributed by atoms with van der Waals surface area (Å²) in [6, 6.07) is 17.4. The molecule has 0 saturated heterocycles. The zero-order valence-corrected chi connectivity index (χ0v) is 22.1. The number of fused-ring (bicyclic) bond motifs is 3. The summed E-state index contributed by atoms with van der Waals surface area (Å²) in [7, 11) is 1.58. The topological polar surface area (TPSA) is 87.4 Å². The van der Waals surface area contributed by atoms with E-state index in [1.165, 1.54) is 0 Å². The molecule has 3 aromatic carbocycles. The Balaban J connectivity index is 1.44. The maximum Gasteiger partial charge on any atom is 0.291 e. The van der Waals surface area contributed by atoms with Crippen LogP contribution < -0.4 is 24.4 Å². The van der Waals surface area contributed by atoms with E-state index in [4.69, 9.17) is 23.4 Å². The van der Waals surface area contributed by atoms with Gasteiger partial charge in [-0.05, 0) is 59.9 Å². The van der Waals surface area contributed by atoms with Crippen LogP contribution in [0.4, 0.5) is 0 Å². The van der Waals surface area contributed by atoms with Crippen molar-refractivity contribution in [2.45, 2.75) is 32.9 Å². The van der Waals surface area contributed by atoms with Gasteiger partial charge in [-0.25, -0.2) is 0 Å². The second-order valence-corrected chi connectivity index (χ2v) is 10.1. The van der Waals surface area contributed by atoms with Gasteiger partial charge in [-0.3, -0.25) is 9.59 Å². The Morgan fingerprint density at radius 1 is 0.974 bits per heavy atom. The van der Waals surface area contributed by atoms with Crippen LogP contribution in [0.2, 0.25) is 0 Å². The van der Waals surface area contributed by atoms with Crippen molar-refractivity contribution >= 4 is 16.9 Å². The number of para-hydroxylation sites is 1. The molecule has 39 heavy (non-hydrogen) atoms. The highest BCUT2D eigenvalue weighted by molar-refractivity contribution is 5.99. The van der Waals surface area contributed by atoms with Crippen LogP contribution in [0.3, 0.4) is 0 Å². The minimum Gasteiger partial charge on any atom is -0.493 e. The first kappa shape index (κ1) is 24.9. The van der Waals surface area contributed by atoms with E-state index in [-0.39, 0.29) is 30.4 Å². The number of methoxy groups -OCH3 is 1. The predicted octanol–water partition coefficient (Wildman–Crippen LogP) is 5.70. The molecule has 4 aromatic rings. The zero-order chi connectivity index (χ0) is 27.1.